The standard InChI is InChI=1S/C19H18F3N5O/c20-12-6-13(21)19(25-15-8-23-7-14(15)22)26-18(12)16-9-24-17-5-11(3-4-27(16)17)28-10-1-2-10/h3-6,9-10,14-15,23H,1-2,7-8H2,(H,25,26)/t14-,15-/m0/s1. The van der Waals surface area contributed by atoms with E-state index in [4.69, 9.17) is 4.74 Å². The second-order valence-electron chi connectivity index (χ2n) is 7.13. The van der Waals surface area contributed by atoms with Crippen molar-refractivity contribution in [3.05, 3.63) is 42.2 Å². The summed E-state index contributed by atoms with van der Waals surface area (Å²) in [6.45, 7) is 0.528. The Bertz CT molecular complexity index is 1040. The molecule has 0 amide bonds. The quantitative estimate of drug-likeness (QED) is 0.703. The summed E-state index contributed by atoms with van der Waals surface area (Å²) >= 11 is 0. The summed E-state index contributed by atoms with van der Waals surface area (Å²) in [5, 5.41) is 5.61. The molecule has 9 heteroatoms. The Balaban J connectivity index is 1.50. The summed E-state index contributed by atoms with van der Waals surface area (Å²) in [7, 11) is 0. The Morgan fingerprint density at radius 1 is 1.18 bits per heavy atom. The van der Waals surface area contributed by atoms with E-state index in [1.165, 1.54) is 6.20 Å². The smallest absolute Gasteiger partial charge is 0.168 e. The van der Waals surface area contributed by atoms with Gasteiger partial charge in [-0.15, -0.1) is 0 Å². The zero-order valence-corrected chi connectivity index (χ0v) is 14.8. The van der Waals surface area contributed by atoms with Gasteiger partial charge in [-0.2, -0.15) is 0 Å². The zero-order valence-electron chi connectivity index (χ0n) is 14.8. The molecule has 2 N–H and O–H groups in total. The second-order valence-corrected chi connectivity index (χ2v) is 7.13. The van der Waals surface area contributed by atoms with E-state index < -0.39 is 23.8 Å². The maximum Gasteiger partial charge on any atom is 0.168 e. The number of rotatable bonds is 5. The molecule has 0 unspecified atom stereocenters. The van der Waals surface area contributed by atoms with Crippen LogP contribution in [0.15, 0.2) is 30.6 Å². The number of ether oxygens (including phenoxy) is 1. The highest BCUT2D eigenvalue weighted by molar-refractivity contribution is 5.63. The third kappa shape index (κ3) is 3.15. The third-order valence-corrected chi connectivity index (χ3v) is 4.95. The number of pyridine rings is 2. The van der Waals surface area contributed by atoms with Crippen LogP contribution in [0.2, 0.25) is 0 Å². The number of hydrogen-bond acceptors (Lipinski definition) is 5. The van der Waals surface area contributed by atoms with Gasteiger partial charge in [0.15, 0.2) is 17.5 Å². The predicted molar refractivity (Wildman–Crippen MR) is 97.2 cm³/mol. The van der Waals surface area contributed by atoms with Crippen molar-refractivity contribution in [2.45, 2.75) is 31.2 Å². The van der Waals surface area contributed by atoms with E-state index in [2.05, 4.69) is 20.6 Å². The fourth-order valence-corrected chi connectivity index (χ4v) is 3.30. The summed E-state index contributed by atoms with van der Waals surface area (Å²) in [6, 6.07) is 3.67. The number of nitrogens with one attached hydrogen (secondary N) is 2. The second kappa shape index (κ2) is 6.66. The molecule has 5 rings (SSSR count). The lowest BCUT2D eigenvalue weighted by Crippen LogP contribution is -2.30. The lowest BCUT2D eigenvalue weighted by atomic mass is 10.2. The monoisotopic (exact) mass is 389 g/mol. The minimum atomic E-state index is -1.17. The van der Waals surface area contributed by atoms with Crippen LogP contribution in [0.25, 0.3) is 17.0 Å². The van der Waals surface area contributed by atoms with Crippen molar-refractivity contribution in [2.75, 3.05) is 18.4 Å². The first-order valence-corrected chi connectivity index (χ1v) is 9.20. The van der Waals surface area contributed by atoms with Crippen molar-refractivity contribution < 1.29 is 17.9 Å². The number of halogens is 3. The van der Waals surface area contributed by atoms with Crippen LogP contribution in [-0.2, 0) is 0 Å². The number of fused-ring (bicyclic) bond motifs is 1. The van der Waals surface area contributed by atoms with Crippen LogP contribution in [-0.4, -0.2) is 45.8 Å². The number of hydrogen-bond donors (Lipinski definition) is 2. The molecule has 0 aromatic carbocycles. The van der Waals surface area contributed by atoms with Crippen LogP contribution in [0, 0.1) is 11.6 Å². The fraction of sp³-hybridized carbons (Fsp3) is 0.368. The van der Waals surface area contributed by atoms with Crippen LogP contribution >= 0.6 is 0 Å². The SMILES string of the molecule is Fc1cc(F)c(-c2cnc3cc(OC4CC4)ccn23)nc1N[C@H]1CNC[C@@H]1F. The fourth-order valence-electron chi connectivity index (χ4n) is 3.30. The van der Waals surface area contributed by atoms with Gasteiger partial charge in [0.25, 0.3) is 0 Å². The maximum atomic E-state index is 14.5. The molecule has 0 radical (unpaired) electrons. The Labute approximate surface area is 158 Å². The van der Waals surface area contributed by atoms with Gasteiger partial charge in [0.05, 0.1) is 24.0 Å². The number of imidazole rings is 1. The van der Waals surface area contributed by atoms with Gasteiger partial charge in [-0.25, -0.2) is 23.1 Å². The summed E-state index contributed by atoms with van der Waals surface area (Å²) in [5.74, 6) is -1.17. The molecular formula is C19H18F3N5O. The van der Waals surface area contributed by atoms with E-state index in [1.54, 1.807) is 22.7 Å². The Morgan fingerprint density at radius 2 is 2.04 bits per heavy atom. The minimum absolute atomic E-state index is 0.0615. The average molecular weight is 389 g/mol. The number of nitrogens with zero attached hydrogens (tertiary/aromatic N) is 3. The van der Waals surface area contributed by atoms with E-state index in [0.717, 1.165) is 18.9 Å². The first kappa shape index (κ1) is 17.3. The van der Waals surface area contributed by atoms with Crippen LogP contribution in [0.1, 0.15) is 12.8 Å². The number of alkyl halides is 1. The molecule has 1 saturated heterocycles. The largest absolute Gasteiger partial charge is 0.490 e. The molecule has 0 spiro atoms. The zero-order chi connectivity index (χ0) is 19.3. The Hall–Kier alpha value is -2.81. The van der Waals surface area contributed by atoms with Crippen LogP contribution in [0.3, 0.4) is 0 Å². The lowest BCUT2D eigenvalue weighted by Gasteiger charge is -2.16. The van der Waals surface area contributed by atoms with Crippen LogP contribution < -0.4 is 15.4 Å². The topological polar surface area (TPSA) is 63.5 Å². The third-order valence-electron chi connectivity index (χ3n) is 4.95. The molecule has 0 bridgehead atoms. The van der Waals surface area contributed by atoms with Gasteiger partial charge >= 0.3 is 0 Å². The Morgan fingerprint density at radius 3 is 2.79 bits per heavy atom. The van der Waals surface area contributed by atoms with E-state index in [-0.39, 0.29) is 24.2 Å². The van der Waals surface area contributed by atoms with Gasteiger partial charge in [0.1, 0.15) is 23.3 Å². The normalized spacial score (nSPS) is 22.0. The molecule has 28 heavy (non-hydrogen) atoms. The molecule has 3 aromatic rings. The van der Waals surface area contributed by atoms with Crippen molar-refractivity contribution in [1.29, 1.82) is 0 Å². The Kier molecular flexibility index (Phi) is 4.12. The van der Waals surface area contributed by atoms with Gasteiger partial charge in [0.2, 0.25) is 0 Å². The molecule has 3 aromatic heterocycles. The summed E-state index contributed by atoms with van der Waals surface area (Å²) in [6.07, 6.45) is 4.36. The molecule has 1 aliphatic carbocycles. The van der Waals surface area contributed by atoms with Gasteiger partial charge < -0.3 is 15.4 Å². The van der Waals surface area contributed by atoms with E-state index in [1.807, 2.05) is 0 Å². The molecule has 2 fully saturated rings. The van der Waals surface area contributed by atoms with E-state index >= 15 is 0 Å². The molecule has 6 nitrogen and oxygen atoms in total. The highest BCUT2D eigenvalue weighted by atomic mass is 19.1. The highest BCUT2D eigenvalue weighted by Crippen LogP contribution is 2.30. The molecule has 146 valence electrons. The molecule has 1 aliphatic heterocycles. The van der Waals surface area contributed by atoms with E-state index in [0.29, 0.717) is 23.6 Å². The molecule has 4 heterocycles. The highest BCUT2D eigenvalue weighted by Gasteiger charge is 2.28. The first-order chi connectivity index (χ1) is 13.6. The van der Waals surface area contributed by atoms with Crippen molar-refractivity contribution >= 4 is 11.5 Å². The van der Waals surface area contributed by atoms with Crippen molar-refractivity contribution in [1.82, 2.24) is 19.7 Å². The van der Waals surface area contributed by atoms with Crippen LogP contribution in [0.5, 0.6) is 5.75 Å². The predicted octanol–water partition coefficient (Wildman–Crippen LogP) is 2.94. The number of anilines is 1. The minimum Gasteiger partial charge on any atom is -0.490 e. The van der Waals surface area contributed by atoms with Crippen LogP contribution in [0.4, 0.5) is 19.0 Å². The molecule has 2 aliphatic rings. The van der Waals surface area contributed by atoms with Gasteiger partial charge in [-0.3, -0.25) is 4.40 Å². The number of aromatic nitrogens is 3. The van der Waals surface area contributed by atoms with Crippen molar-refractivity contribution in [3.8, 4) is 17.1 Å². The van der Waals surface area contributed by atoms with Gasteiger partial charge in [-0.05, 0) is 18.9 Å². The van der Waals surface area contributed by atoms with E-state index in [9.17, 15) is 13.2 Å². The molecule has 1 saturated carbocycles. The van der Waals surface area contributed by atoms with Gasteiger partial charge in [0, 0.05) is 31.4 Å². The first-order valence-electron chi connectivity index (χ1n) is 9.20. The van der Waals surface area contributed by atoms with Gasteiger partial charge in [-0.1, -0.05) is 0 Å². The van der Waals surface area contributed by atoms with Crippen molar-refractivity contribution in [2.24, 2.45) is 0 Å². The summed E-state index contributed by atoms with van der Waals surface area (Å²) < 4.78 is 49.9. The lowest BCUT2D eigenvalue weighted by molar-refractivity contribution is 0.303. The van der Waals surface area contributed by atoms with Crippen molar-refractivity contribution in [3.63, 3.8) is 0 Å². The maximum absolute atomic E-state index is 14.5. The molecular weight excluding hydrogens is 371 g/mol. The average Bonchev–Trinajstić information content (AvgIpc) is 3.24. The molecule has 2 atom stereocenters. The summed E-state index contributed by atoms with van der Waals surface area (Å²) in [4.78, 5) is 8.38. The summed E-state index contributed by atoms with van der Waals surface area (Å²) in [5.41, 5.74) is 0.875.